The van der Waals surface area contributed by atoms with Crippen molar-refractivity contribution in [2.75, 3.05) is 20.1 Å². The van der Waals surface area contributed by atoms with E-state index in [1.807, 2.05) is 30.2 Å². The van der Waals surface area contributed by atoms with Crippen molar-refractivity contribution in [3.8, 4) is 18.2 Å². The Bertz CT molecular complexity index is 895. The summed E-state index contributed by atoms with van der Waals surface area (Å²) >= 11 is 0. The van der Waals surface area contributed by atoms with E-state index in [0.29, 0.717) is 18.7 Å². The number of halogens is 1. The fourth-order valence-electron chi connectivity index (χ4n) is 3.90. The highest BCUT2D eigenvalue weighted by atomic mass is 19.1. The normalized spacial score (nSPS) is 25.2. The zero-order chi connectivity index (χ0) is 18.2. The molecule has 0 saturated heterocycles. The SMILES string of the molecule is CN1CC=C2C(C#N)=C(N)C(C#N)(C#N)[C@@H](c3cccc(F)c3)[C@H]2C1. The van der Waals surface area contributed by atoms with Crippen molar-refractivity contribution in [2.24, 2.45) is 17.1 Å². The first-order valence-electron chi connectivity index (χ1n) is 7.85. The van der Waals surface area contributed by atoms with E-state index in [1.54, 1.807) is 12.1 Å². The third-order valence-electron chi connectivity index (χ3n) is 5.05. The fourth-order valence-corrected chi connectivity index (χ4v) is 3.90. The van der Waals surface area contributed by atoms with E-state index in [9.17, 15) is 20.2 Å². The van der Waals surface area contributed by atoms with Gasteiger partial charge in [0.2, 0.25) is 0 Å². The zero-order valence-corrected chi connectivity index (χ0v) is 13.7. The molecule has 0 fully saturated rings. The third kappa shape index (κ3) is 2.38. The molecule has 1 aliphatic heterocycles. The van der Waals surface area contributed by atoms with E-state index in [1.165, 1.54) is 12.1 Å². The van der Waals surface area contributed by atoms with Crippen LogP contribution in [-0.2, 0) is 0 Å². The zero-order valence-electron chi connectivity index (χ0n) is 13.7. The Kier molecular flexibility index (Phi) is 4.05. The molecular formula is C19H16FN5. The molecule has 0 spiro atoms. The lowest BCUT2D eigenvalue weighted by Gasteiger charge is -2.45. The predicted octanol–water partition coefficient (Wildman–Crippen LogP) is 2.18. The number of benzene rings is 1. The first-order valence-corrected chi connectivity index (χ1v) is 7.85. The average Bonchev–Trinajstić information content (AvgIpc) is 2.61. The molecule has 0 aromatic heterocycles. The molecule has 1 aromatic rings. The molecule has 0 bridgehead atoms. The molecule has 1 heterocycles. The lowest BCUT2D eigenvalue weighted by atomic mass is 9.58. The van der Waals surface area contributed by atoms with Crippen LogP contribution >= 0.6 is 0 Å². The molecule has 2 aliphatic rings. The first-order chi connectivity index (χ1) is 12.0. The number of rotatable bonds is 1. The number of allylic oxidation sites excluding steroid dienone is 2. The molecule has 6 heteroatoms. The summed E-state index contributed by atoms with van der Waals surface area (Å²) in [5, 5.41) is 29.3. The van der Waals surface area contributed by atoms with E-state index in [0.717, 1.165) is 5.57 Å². The van der Waals surface area contributed by atoms with Crippen molar-refractivity contribution in [1.82, 2.24) is 4.90 Å². The van der Waals surface area contributed by atoms with Gasteiger partial charge in [0.05, 0.1) is 23.4 Å². The second-order valence-electron chi connectivity index (χ2n) is 6.45. The van der Waals surface area contributed by atoms with E-state index in [4.69, 9.17) is 5.73 Å². The molecule has 3 rings (SSSR count). The highest BCUT2D eigenvalue weighted by Crippen LogP contribution is 2.53. The van der Waals surface area contributed by atoms with Gasteiger partial charge in [-0.15, -0.1) is 0 Å². The van der Waals surface area contributed by atoms with Crippen LogP contribution in [0.2, 0.25) is 0 Å². The standard InChI is InChI=1S/C19H16FN5/c1-25-6-5-14-15(8-21)18(24)19(10-22,11-23)17(16(14)9-25)12-3-2-4-13(20)7-12/h2-5,7,16-17H,6,9,24H2,1H3/t16-,17-/m0/s1. The van der Waals surface area contributed by atoms with E-state index >= 15 is 0 Å². The Hall–Kier alpha value is -3.14. The number of nitriles is 3. The van der Waals surface area contributed by atoms with Crippen LogP contribution in [0.5, 0.6) is 0 Å². The van der Waals surface area contributed by atoms with Crippen LogP contribution in [-0.4, -0.2) is 25.0 Å². The van der Waals surface area contributed by atoms with E-state index in [2.05, 4.69) is 6.07 Å². The third-order valence-corrected chi connectivity index (χ3v) is 5.05. The van der Waals surface area contributed by atoms with Gasteiger partial charge in [-0.1, -0.05) is 18.2 Å². The van der Waals surface area contributed by atoms with Crippen LogP contribution < -0.4 is 5.73 Å². The number of fused-ring (bicyclic) bond motifs is 1. The van der Waals surface area contributed by atoms with Gasteiger partial charge in [-0.25, -0.2) is 4.39 Å². The molecule has 0 unspecified atom stereocenters. The quantitative estimate of drug-likeness (QED) is 0.849. The Morgan fingerprint density at radius 2 is 2.00 bits per heavy atom. The van der Waals surface area contributed by atoms with Crippen LogP contribution in [0.1, 0.15) is 11.5 Å². The van der Waals surface area contributed by atoms with Crippen molar-refractivity contribution in [3.63, 3.8) is 0 Å². The lowest BCUT2D eigenvalue weighted by molar-refractivity contribution is 0.237. The molecular weight excluding hydrogens is 317 g/mol. The summed E-state index contributed by atoms with van der Waals surface area (Å²) < 4.78 is 13.8. The van der Waals surface area contributed by atoms with Crippen LogP contribution in [0.25, 0.3) is 0 Å². The van der Waals surface area contributed by atoms with Gasteiger partial charge < -0.3 is 10.6 Å². The molecule has 0 amide bonds. The molecule has 1 aliphatic carbocycles. The average molecular weight is 333 g/mol. The minimum atomic E-state index is -1.71. The van der Waals surface area contributed by atoms with Crippen molar-refractivity contribution >= 4 is 0 Å². The van der Waals surface area contributed by atoms with Crippen LogP contribution in [0, 0.1) is 51.1 Å². The van der Waals surface area contributed by atoms with Gasteiger partial charge >= 0.3 is 0 Å². The van der Waals surface area contributed by atoms with Crippen LogP contribution in [0.3, 0.4) is 0 Å². The number of nitrogens with two attached hydrogens (primary N) is 1. The maximum absolute atomic E-state index is 13.8. The van der Waals surface area contributed by atoms with Crippen molar-refractivity contribution in [1.29, 1.82) is 15.8 Å². The summed E-state index contributed by atoms with van der Waals surface area (Å²) in [7, 11) is 1.92. The van der Waals surface area contributed by atoms with Crippen molar-refractivity contribution in [2.45, 2.75) is 5.92 Å². The second-order valence-corrected chi connectivity index (χ2v) is 6.45. The second kappa shape index (κ2) is 6.06. The fraction of sp³-hybridized carbons (Fsp3) is 0.316. The van der Waals surface area contributed by atoms with Gasteiger partial charge in [0, 0.05) is 24.9 Å². The summed E-state index contributed by atoms with van der Waals surface area (Å²) in [4.78, 5) is 2.04. The highest BCUT2D eigenvalue weighted by Gasteiger charge is 2.54. The van der Waals surface area contributed by atoms with Gasteiger partial charge in [-0.3, -0.25) is 0 Å². The molecule has 25 heavy (non-hydrogen) atoms. The highest BCUT2D eigenvalue weighted by molar-refractivity contribution is 5.59. The van der Waals surface area contributed by atoms with Gasteiger partial charge in [0.1, 0.15) is 11.9 Å². The Morgan fingerprint density at radius 3 is 2.60 bits per heavy atom. The smallest absolute Gasteiger partial charge is 0.191 e. The molecule has 5 nitrogen and oxygen atoms in total. The van der Waals surface area contributed by atoms with Crippen LogP contribution in [0.15, 0.2) is 47.2 Å². The number of hydrogen-bond donors (Lipinski definition) is 1. The first kappa shape index (κ1) is 16.7. The number of nitrogens with zero attached hydrogens (tertiary/aromatic N) is 4. The molecule has 124 valence electrons. The van der Waals surface area contributed by atoms with Gasteiger partial charge in [0.15, 0.2) is 5.41 Å². The van der Waals surface area contributed by atoms with E-state index < -0.39 is 17.2 Å². The summed E-state index contributed by atoms with van der Waals surface area (Å²) in [6.07, 6.45) is 1.91. The molecule has 1 aromatic carbocycles. The molecule has 0 saturated carbocycles. The monoisotopic (exact) mass is 333 g/mol. The maximum atomic E-state index is 13.8. The number of likely N-dealkylation sites (N-methyl/N-ethyl adjacent to an activating group) is 1. The Labute approximate surface area is 145 Å². The lowest BCUT2D eigenvalue weighted by Crippen LogP contribution is -2.47. The van der Waals surface area contributed by atoms with Crippen molar-refractivity contribution < 1.29 is 4.39 Å². The molecule has 2 atom stereocenters. The minimum absolute atomic E-state index is 0.0404. The molecule has 2 N–H and O–H groups in total. The largest absolute Gasteiger partial charge is 0.399 e. The van der Waals surface area contributed by atoms with Gasteiger partial charge in [-0.2, -0.15) is 15.8 Å². The predicted molar refractivity (Wildman–Crippen MR) is 88.7 cm³/mol. The topological polar surface area (TPSA) is 101 Å². The summed E-state index contributed by atoms with van der Waals surface area (Å²) in [6.45, 7) is 1.20. The Balaban J connectivity index is 2.34. The number of hydrogen-bond acceptors (Lipinski definition) is 5. The summed E-state index contributed by atoms with van der Waals surface area (Å²) in [6, 6.07) is 12.0. The molecule has 0 radical (unpaired) electrons. The minimum Gasteiger partial charge on any atom is -0.399 e. The summed E-state index contributed by atoms with van der Waals surface area (Å²) in [5.74, 6) is -1.38. The Morgan fingerprint density at radius 1 is 1.28 bits per heavy atom. The maximum Gasteiger partial charge on any atom is 0.191 e. The van der Waals surface area contributed by atoms with Gasteiger partial charge in [-0.05, 0) is 30.3 Å². The van der Waals surface area contributed by atoms with Gasteiger partial charge in [0.25, 0.3) is 0 Å². The summed E-state index contributed by atoms with van der Waals surface area (Å²) in [5.41, 5.74) is 5.89. The van der Waals surface area contributed by atoms with E-state index in [-0.39, 0.29) is 17.2 Å². The van der Waals surface area contributed by atoms with Crippen LogP contribution in [0.4, 0.5) is 4.39 Å². The van der Waals surface area contributed by atoms with Crippen molar-refractivity contribution in [3.05, 3.63) is 58.6 Å².